The van der Waals surface area contributed by atoms with E-state index in [1.807, 2.05) is 0 Å². The third-order valence-electron chi connectivity index (χ3n) is 6.16. The second kappa shape index (κ2) is 4.26. The number of hydrogen-bond donors (Lipinski definition) is 2. The van der Waals surface area contributed by atoms with E-state index in [0.29, 0.717) is 5.56 Å². The normalized spacial score (nSPS) is 34.8. The zero-order chi connectivity index (χ0) is 16.6. The molecule has 2 saturated carbocycles. The number of allylic oxidation sites excluding steroid dienone is 2. The van der Waals surface area contributed by atoms with E-state index >= 15 is 0 Å². The van der Waals surface area contributed by atoms with Gasteiger partial charge in [0, 0.05) is 11.6 Å². The molecule has 5 rings (SSSR count). The second-order valence-electron chi connectivity index (χ2n) is 7.20. The van der Waals surface area contributed by atoms with Crippen molar-refractivity contribution in [2.75, 3.05) is 0 Å². The van der Waals surface area contributed by atoms with E-state index in [-0.39, 0.29) is 52.4 Å². The van der Waals surface area contributed by atoms with Gasteiger partial charge in [0.1, 0.15) is 11.5 Å². The van der Waals surface area contributed by atoms with Crippen molar-refractivity contribution in [3.05, 3.63) is 35.9 Å². The molecule has 122 valence electrons. The van der Waals surface area contributed by atoms with Crippen molar-refractivity contribution in [1.29, 1.82) is 0 Å². The number of imide groups is 1. The van der Waals surface area contributed by atoms with E-state index in [1.54, 1.807) is 0 Å². The summed E-state index contributed by atoms with van der Waals surface area (Å²) in [4.78, 5) is 25.4. The predicted octanol–water partition coefficient (Wildman–Crippen LogP) is 1.63. The molecule has 6 heteroatoms. The van der Waals surface area contributed by atoms with Crippen LogP contribution in [-0.4, -0.2) is 33.3 Å². The highest BCUT2D eigenvalue weighted by atomic mass is 16.3. The van der Waals surface area contributed by atoms with Gasteiger partial charge in [-0.05, 0) is 42.2 Å². The van der Waals surface area contributed by atoms with Crippen LogP contribution >= 0.6 is 0 Å². The Morgan fingerprint density at radius 3 is 2.25 bits per heavy atom. The monoisotopic (exact) mass is 324 g/mol. The van der Waals surface area contributed by atoms with Crippen LogP contribution in [0.3, 0.4) is 0 Å². The Morgan fingerprint density at radius 2 is 1.71 bits per heavy atom. The minimum Gasteiger partial charge on any atom is -0.508 e. The fourth-order valence-corrected chi connectivity index (χ4v) is 4.94. The molecule has 1 aromatic carbocycles. The number of amides is 2. The number of phenolic OH excluding ortho intramolecular Hbond substituents is 2. The van der Waals surface area contributed by atoms with Crippen molar-refractivity contribution in [2.45, 2.75) is 12.8 Å². The first-order chi connectivity index (χ1) is 11.5. The molecule has 2 N–H and O–H groups in total. The molecule has 3 fully saturated rings. The molecular weight excluding hydrogens is 308 g/mol. The molecule has 2 bridgehead atoms. The molecule has 1 heterocycles. The van der Waals surface area contributed by atoms with E-state index in [1.165, 1.54) is 24.4 Å². The third-order valence-corrected chi connectivity index (χ3v) is 6.16. The maximum Gasteiger partial charge on any atom is 0.254 e. The van der Waals surface area contributed by atoms with Gasteiger partial charge in [-0.15, -0.1) is 0 Å². The Kier molecular flexibility index (Phi) is 2.44. The first kappa shape index (κ1) is 13.8. The smallest absolute Gasteiger partial charge is 0.254 e. The lowest BCUT2D eigenvalue weighted by Crippen LogP contribution is -2.30. The molecule has 0 radical (unpaired) electrons. The van der Waals surface area contributed by atoms with Crippen molar-refractivity contribution in [2.24, 2.45) is 34.2 Å². The Bertz CT molecular complexity index is 805. The minimum atomic E-state index is -0.277. The van der Waals surface area contributed by atoms with Gasteiger partial charge in [0.15, 0.2) is 0 Å². The van der Waals surface area contributed by atoms with Gasteiger partial charge in [0.2, 0.25) is 0 Å². The zero-order valence-corrected chi connectivity index (χ0v) is 12.8. The average Bonchev–Trinajstić information content (AvgIpc) is 3.15. The number of hydrogen-bond acceptors (Lipinski definition) is 5. The molecule has 4 atom stereocenters. The fourth-order valence-electron chi connectivity index (χ4n) is 4.94. The van der Waals surface area contributed by atoms with Crippen LogP contribution < -0.4 is 0 Å². The summed E-state index contributed by atoms with van der Waals surface area (Å²) >= 11 is 0. The number of carbonyl (C=O) groups is 2. The summed E-state index contributed by atoms with van der Waals surface area (Å²) in [5, 5.41) is 24.1. The highest BCUT2D eigenvalue weighted by molar-refractivity contribution is 6.07. The largest absolute Gasteiger partial charge is 0.508 e. The summed E-state index contributed by atoms with van der Waals surface area (Å²) in [5.74, 6) is -0.898. The third kappa shape index (κ3) is 1.53. The van der Waals surface area contributed by atoms with Gasteiger partial charge in [0.25, 0.3) is 11.8 Å². The predicted molar refractivity (Wildman–Crippen MR) is 84.0 cm³/mol. The van der Waals surface area contributed by atoms with Crippen LogP contribution in [0, 0.1) is 29.1 Å². The van der Waals surface area contributed by atoms with E-state index in [2.05, 4.69) is 17.3 Å². The molecule has 1 aromatic rings. The summed E-state index contributed by atoms with van der Waals surface area (Å²) in [7, 11) is 0. The molecule has 1 aliphatic heterocycles. The van der Waals surface area contributed by atoms with E-state index in [0.717, 1.165) is 17.9 Å². The van der Waals surface area contributed by atoms with Crippen LogP contribution in [0.15, 0.2) is 35.5 Å². The Hall–Kier alpha value is -2.63. The number of nitrogens with zero attached hydrogens (tertiary/aromatic N) is 2. The van der Waals surface area contributed by atoms with Gasteiger partial charge >= 0.3 is 0 Å². The van der Waals surface area contributed by atoms with Gasteiger partial charge in [-0.2, -0.15) is 10.1 Å². The van der Waals surface area contributed by atoms with E-state index in [4.69, 9.17) is 0 Å². The van der Waals surface area contributed by atoms with E-state index < -0.39 is 0 Å². The number of phenols is 2. The van der Waals surface area contributed by atoms with Crippen molar-refractivity contribution >= 4 is 18.0 Å². The SMILES string of the molecule is O=C1[C@@H]2[C@@H](C(=O)N1/N=C/c1ccc(O)cc1O)[C@@H]1C=C[C@H]2C12CC2. The molecule has 24 heavy (non-hydrogen) atoms. The topological polar surface area (TPSA) is 90.2 Å². The van der Waals surface area contributed by atoms with Crippen molar-refractivity contribution < 1.29 is 19.8 Å². The molecule has 4 aliphatic rings. The van der Waals surface area contributed by atoms with Gasteiger partial charge < -0.3 is 10.2 Å². The number of fused-ring (bicyclic) bond motifs is 3. The number of rotatable bonds is 2. The Morgan fingerprint density at radius 1 is 1.08 bits per heavy atom. The van der Waals surface area contributed by atoms with Crippen LogP contribution in [-0.2, 0) is 9.59 Å². The summed E-state index contributed by atoms with van der Waals surface area (Å²) < 4.78 is 0. The van der Waals surface area contributed by atoms with Crippen LogP contribution in [0.4, 0.5) is 0 Å². The number of carbonyl (C=O) groups excluding carboxylic acids is 2. The van der Waals surface area contributed by atoms with Gasteiger partial charge in [-0.3, -0.25) is 9.59 Å². The van der Waals surface area contributed by atoms with Gasteiger partial charge in [0.05, 0.1) is 18.1 Å². The standard InChI is InChI=1S/C18H16N2O4/c21-10-2-1-9(13(22)7-10)8-19-20-16(23)14-11-3-4-12(15(14)17(20)24)18(11)5-6-18/h1-4,7-8,11-12,14-15,21-22H,5-6H2/b19-8+/t11-,12+,14-,15-/m0/s1. The summed E-state index contributed by atoms with van der Waals surface area (Å²) in [5.41, 5.74) is 0.510. The number of aromatic hydroxyl groups is 2. The molecule has 2 amide bonds. The van der Waals surface area contributed by atoms with E-state index in [9.17, 15) is 19.8 Å². The lowest BCUT2D eigenvalue weighted by atomic mass is 9.85. The molecule has 0 unspecified atom stereocenters. The van der Waals surface area contributed by atoms with Crippen LogP contribution in [0.1, 0.15) is 18.4 Å². The zero-order valence-electron chi connectivity index (χ0n) is 12.8. The summed E-state index contributed by atoms with van der Waals surface area (Å²) in [6.07, 6.45) is 7.72. The lowest BCUT2D eigenvalue weighted by molar-refractivity contribution is -0.141. The molecule has 1 saturated heterocycles. The number of benzene rings is 1. The first-order valence-corrected chi connectivity index (χ1v) is 8.15. The second-order valence-corrected chi connectivity index (χ2v) is 7.20. The molecule has 1 spiro atoms. The lowest BCUT2D eigenvalue weighted by Gasteiger charge is -2.18. The quantitative estimate of drug-likeness (QED) is 0.491. The Balaban J connectivity index is 1.44. The van der Waals surface area contributed by atoms with Crippen molar-refractivity contribution in [3.8, 4) is 11.5 Å². The highest BCUT2D eigenvalue weighted by Crippen LogP contribution is 2.73. The van der Waals surface area contributed by atoms with Gasteiger partial charge in [-0.25, -0.2) is 0 Å². The van der Waals surface area contributed by atoms with Crippen LogP contribution in [0.2, 0.25) is 0 Å². The number of hydrazone groups is 1. The Labute approximate surface area is 138 Å². The van der Waals surface area contributed by atoms with Crippen LogP contribution in [0.5, 0.6) is 11.5 Å². The van der Waals surface area contributed by atoms with Crippen LogP contribution in [0.25, 0.3) is 0 Å². The fraction of sp³-hybridized carbons (Fsp3) is 0.389. The summed E-state index contributed by atoms with van der Waals surface area (Å²) in [6.45, 7) is 0. The highest BCUT2D eigenvalue weighted by Gasteiger charge is 2.73. The molecule has 0 aromatic heterocycles. The first-order valence-electron chi connectivity index (χ1n) is 8.15. The van der Waals surface area contributed by atoms with Gasteiger partial charge in [-0.1, -0.05) is 12.2 Å². The summed E-state index contributed by atoms with van der Waals surface area (Å²) in [6, 6.07) is 4.07. The average molecular weight is 324 g/mol. The molecular formula is C18H16N2O4. The molecule has 6 nitrogen and oxygen atoms in total. The van der Waals surface area contributed by atoms with Crippen molar-refractivity contribution in [1.82, 2.24) is 5.01 Å². The maximum absolute atomic E-state index is 12.7. The maximum atomic E-state index is 12.7. The minimum absolute atomic E-state index is 0.0649. The van der Waals surface area contributed by atoms with Crippen molar-refractivity contribution in [3.63, 3.8) is 0 Å². The molecule has 3 aliphatic carbocycles.